The molecule has 1 amide bonds. The van der Waals surface area contributed by atoms with Gasteiger partial charge in [0.15, 0.2) is 23.2 Å². The van der Waals surface area contributed by atoms with Crippen molar-refractivity contribution in [1.29, 1.82) is 0 Å². The van der Waals surface area contributed by atoms with Gasteiger partial charge in [-0.15, -0.1) is 0 Å². The molecule has 1 heterocycles. The molecule has 0 bridgehead atoms. The number of hydrogen-bond donors (Lipinski definition) is 3. The largest absolute Gasteiger partial charge is 0.493 e. The molecule has 44 heavy (non-hydrogen) atoms. The van der Waals surface area contributed by atoms with Crippen LogP contribution in [0.15, 0.2) is 81.5 Å². The van der Waals surface area contributed by atoms with E-state index in [-0.39, 0.29) is 13.2 Å². The number of para-hydroxylation sites is 1. The smallest absolute Gasteiger partial charge is 0.338 e. The van der Waals surface area contributed by atoms with Gasteiger partial charge < -0.3 is 29.6 Å². The number of halogens is 1. The van der Waals surface area contributed by atoms with Crippen molar-refractivity contribution < 1.29 is 28.5 Å². The molecular formula is C32H33BrN4O6S. The molecule has 0 saturated carbocycles. The molecule has 1 atom stereocenters. The second-order valence-corrected chi connectivity index (χ2v) is 11.0. The highest BCUT2D eigenvalue weighted by atomic mass is 79.9. The molecular weight excluding hydrogens is 648 g/mol. The summed E-state index contributed by atoms with van der Waals surface area (Å²) in [6.07, 6.45) is 1.49. The van der Waals surface area contributed by atoms with Crippen LogP contribution >= 0.6 is 28.1 Å². The molecule has 0 unspecified atom stereocenters. The van der Waals surface area contributed by atoms with Crippen molar-refractivity contribution in [3.63, 3.8) is 0 Å². The average molecular weight is 682 g/mol. The van der Waals surface area contributed by atoms with Gasteiger partial charge >= 0.3 is 5.97 Å². The Kier molecular flexibility index (Phi) is 11.3. The van der Waals surface area contributed by atoms with Crippen LogP contribution in [0.5, 0.6) is 17.2 Å². The Balaban J connectivity index is 1.40. The third-order valence-corrected chi connectivity index (χ3v) is 7.28. The van der Waals surface area contributed by atoms with E-state index in [4.69, 9.17) is 31.2 Å². The summed E-state index contributed by atoms with van der Waals surface area (Å²) in [4.78, 5) is 25.4. The number of hydrazone groups is 1. The molecule has 0 saturated heterocycles. The number of hydrogen-bond acceptors (Lipinski definition) is 8. The first-order chi connectivity index (χ1) is 21.2. The van der Waals surface area contributed by atoms with E-state index >= 15 is 0 Å². The Hall–Kier alpha value is -4.42. The molecule has 0 spiro atoms. The summed E-state index contributed by atoms with van der Waals surface area (Å²) in [5.74, 6) is 0.512. The SMILES string of the molecule is CCOC(=O)C1=C(C)NC(=S)N[C@@H]1c1ccccc1OCC(=O)NN=Cc1cc(Br)c(OCc2cccc(C)c2)c(OC)c1. The Morgan fingerprint density at radius 3 is 2.61 bits per heavy atom. The van der Waals surface area contributed by atoms with Crippen molar-refractivity contribution >= 4 is 51.4 Å². The second kappa shape index (κ2) is 15.3. The monoisotopic (exact) mass is 680 g/mol. The Bertz CT molecular complexity index is 1610. The zero-order valence-electron chi connectivity index (χ0n) is 24.7. The number of carbonyl (C=O) groups is 2. The van der Waals surface area contributed by atoms with Gasteiger partial charge in [-0.05, 0) is 78.2 Å². The summed E-state index contributed by atoms with van der Waals surface area (Å²) >= 11 is 8.87. The number of nitrogens with one attached hydrogen (secondary N) is 3. The number of esters is 1. The van der Waals surface area contributed by atoms with Crippen molar-refractivity contribution in [3.05, 3.63) is 98.7 Å². The summed E-state index contributed by atoms with van der Waals surface area (Å²) in [5.41, 5.74) is 6.91. The fraction of sp³-hybridized carbons (Fsp3) is 0.250. The maximum atomic E-state index is 12.8. The number of methoxy groups -OCH3 is 1. The normalized spacial score (nSPS) is 14.5. The zero-order valence-corrected chi connectivity index (χ0v) is 27.1. The predicted octanol–water partition coefficient (Wildman–Crippen LogP) is 5.23. The van der Waals surface area contributed by atoms with Gasteiger partial charge in [0.25, 0.3) is 5.91 Å². The molecule has 10 nitrogen and oxygen atoms in total. The standard InChI is InChI=1S/C32H33BrN4O6S/c1-5-41-31(39)28-20(3)35-32(44)36-29(28)23-11-6-7-12-25(23)42-18-27(38)37-34-16-22-14-24(33)30(26(15-22)40-4)43-17-21-10-8-9-19(2)13-21/h6-16,29H,5,17-18H2,1-4H3,(H,37,38)(H2,35,36,44)/t29-/m1/s1. The first-order valence-corrected chi connectivity index (χ1v) is 14.9. The van der Waals surface area contributed by atoms with Crippen LogP contribution in [0.25, 0.3) is 0 Å². The van der Waals surface area contributed by atoms with Gasteiger partial charge in [0.05, 0.1) is 36.0 Å². The number of rotatable bonds is 12. The lowest BCUT2D eigenvalue weighted by Crippen LogP contribution is -2.45. The fourth-order valence-corrected chi connectivity index (χ4v) is 5.37. The van der Waals surface area contributed by atoms with Crippen LogP contribution in [-0.2, 0) is 20.9 Å². The highest BCUT2D eigenvalue weighted by Crippen LogP contribution is 2.37. The van der Waals surface area contributed by atoms with Crippen molar-refractivity contribution in [2.45, 2.75) is 33.4 Å². The third kappa shape index (κ3) is 8.35. The topological polar surface area (TPSA) is 120 Å². The quantitative estimate of drug-likeness (QED) is 0.102. The molecule has 3 N–H and O–H groups in total. The lowest BCUT2D eigenvalue weighted by molar-refractivity contribution is -0.139. The number of ether oxygens (including phenoxy) is 4. The third-order valence-electron chi connectivity index (χ3n) is 6.47. The Morgan fingerprint density at radius 1 is 1.07 bits per heavy atom. The summed E-state index contributed by atoms with van der Waals surface area (Å²) < 4.78 is 23.3. The van der Waals surface area contributed by atoms with Crippen molar-refractivity contribution in [1.82, 2.24) is 16.1 Å². The van der Waals surface area contributed by atoms with E-state index in [1.54, 1.807) is 45.2 Å². The van der Waals surface area contributed by atoms with Crippen LogP contribution in [0.1, 0.15) is 42.1 Å². The van der Waals surface area contributed by atoms with Gasteiger partial charge in [0.1, 0.15) is 12.4 Å². The maximum absolute atomic E-state index is 12.8. The van der Waals surface area contributed by atoms with Crippen LogP contribution in [0.4, 0.5) is 0 Å². The van der Waals surface area contributed by atoms with Crippen molar-refractivity contribution in [2.75, 3.05) is 20.3 Å². The number of allylic oxidation sites excluding steroid dienone is 1. The van der Waals surface area contributed by atoms with Gasteiger partial charge in [-0.2, -0.15) is 5.10 Å². The van der Waals surface area contributed by atoms with Gasteiger partial charge in [-0.1, -0.05) is 48.0 Å². The first kappa shape index (κ1) is 32.5. The van der Waals surface area contributed by atoms with E-state index in [1.807, 2.05) is 37.3 Å². The van der Waals surface area contributed by atoms with E-state index in [9.17, 15) is 9.59 Å². The molecule has 12 heteroatoms. The van der Waals surface area contributed by atoms with E-state index in [2.05, 4.69) is 43.2 Å². The minimum atomic E-state index is -0.628. The predicted molar refractivity (Wildman–Crippen MR) is 175 cm³/mol. The lowest BCUT2D eigenvalue weighted by Gasteiger charge is -2.30. The summed E-state index contributed by atoms with van der Waals surface area (Å²) in [6.45, 7) is 5.80. The van der Waals surface area contributed by atoms with Gasteiger partial charge in [-0.3, -0.25) is 4.79 Å². The maximum Gasteiger partial charge on any atom is 0.338 e. The first-order valence-electron chi connectivity index (χ1n) is 13.7. The zero-order chi connectivity index (χ0) is 31.6. The van der Waals surface area contributed by atoms with Gasteiger partial charge in [0, 0.05) is 11.3 Å². The highest BCUT2D eigenvalue weighted by Gasteiger charge is 2.32. The molecule has 0 radical (unpaired) electrons. The van der Waals surface area contributed by atoms with Gasteiger partial charge in [-0.25, -0.2) is 10.2 Å². The summed E-state index contributed by atoms with van der Waals surface area (Å²) in [5, 5.41) is 10.5. The Labute approximate surface area is 269 Å². The Morgan fingerprint density at radius 2 is 1.86 bits per heavy atom. The van der Waals surface area contributed by atoms with Crippen LogP contribution in [-0.4, -0.2) is 43.5 Å². The van der Waals surface area contributed by atoms with E-state index in [0.717, 1.165) is 11.1 Å². The molecule has 3 aromatic rings. The highest BCUT2D eigenvalue weighted by molar-refractivity contribution is 9.10. The lowest BCUT2D eigenvalue weighted by atomic mass is 9.95. The number of carbonyl (C=O) groups excluding carboxylic acids is 2. The molecule has 1 aliphatic rings. The summed E-state index contributed by atoms with van der Waals surface area (Å²) in [7, 11) is 1.55. The van der Waals surface area contributed by atoms with E-state index in [0.29, 0.717) is 55.8 Å². The van der Waals surface area contributed by atoms with Crippen molar-refractivity contribution in [2.24, 2.45) is 5.10 Å². The number of thiocarbonyl (C=S) groups is 1. The summed E-state index contributed by atoms with van der Waals surface area (Å²) in [6, 6.07) is 18.1. The van der Waals surface area contributed by atoms with Gasteiger partial charge in [0.2, 0.25) is 0 Å². The van der Waals surface area contributed by atoms with E-state index < -0.39 is 17.9 Å². The molecule has 1 aliphatic heterocycles. The fourth-order valence-electron chi connectivity index (χ4n) is 4.52. The number of amides is 1. The van der Waals surface area contributed by atoms with Crippen LogP contribution in [0.3, 0.4) is 0 Å². The molecule has 0 aromatic heterocycles. The minimum absolute atomic E-state index is 0.223. The minimum Gasteiger partial charge on any atom is -0.493 e. The van der Waals surface area contributed by atoms with Crippen LogP contribution < -0.4 is 30.3 Å². The molecule has 0 aliphatic carbocycles. The number of nitrogens with zero attached hydrogens (tertiary/aromatic N) is 1. The van der Waals surface area contributed by atoms with Crippen LogP contribution in [0, 0.1) is 6.92 Å². The van der Waals surface area contributed by atoms with E-state index in [1.165, 1.54) is 6.21 Å². The van der Waals surface area contributed by atoms with Crippen LogP contribution in [0.2, 0.25) is 0 Å². The molecule has 0 fully saturated rings. The number of aryl methyl sites for hydroxylation is 1. The molecule has 3 aromatic carbocycles. The second-order valence-electron chi connectivity index (χ2n) is 9.72. The molecule has 230 valence electrons. The average Bonchev–Trinajstić information content (AvgIpc) is 2.99. The van der Waals surface area contributed by atoms with Crippen molar-refractivity contribution in [3.8, 4) is 17.2 Å². The molecule has 4 rings (SSSR count). The number of benzene rings is 3.